The Balaban J connectivity index is 2.18. The van der Waals surface area contributed by atoms with Crippen molar-refractivity contribution in [2.24, 2.45) is 0 Å². The molecule has 2 nitrogen and oxygen atoms in total. The summed E-state index contributed by atoms with van der Waals surface area (Å²) in [6.45, 7) is 3.37. The van der Waals surface area contributed by atoms with Crippen LogP contribution in [0.1, 0.15) is 45.4 Å². The van der Waals surface area contributed by atoms with Crippen LogP contribution in [-0.4, -0.2) is 35.7 Å². The number of nitrogens with zero attached hydrogens (tertiary/aromatic N) is 1. The number of aliphatic hydroxyl groups is 1. The van der Waals surface area contributed by atoms with Gasteiger partial charge in [0.05, 0.1) is 6.10 Å². The third-order valence-corrected chi connectivity index (χ3v) is 3.12. The second-order valence-electron chi connectivity index (χ2n) is 4.25. The van der Waals surface area contributed by atoms with E-state index < -0.39 is 0 Å². The highest BCUT2D eigenvalue weighted by atomic mass is 16.3. The molecule has 78 valence electrons. The summed E-state index contributed by atoms with van der Waals surface area (Å²) in [6.07, 6.45) is 7.19. The molecule has 0 unspecified atom stereocenters. The molecule has 1 rings (SSSR count). The van der Waals surface area contributed by atoms with E-state index in [9.17, 15) is 5.11 Å². The van der Waals surface area contributed by atoms with Crippen LogP contribution in [0.3, 0.4) is 0 Å². The van der Waals surface area contributed by atoms with Crippen molar-refractivity contribution in [1.29, 1.82) is 0 Å². The first kappa shape index (κ1) is 11.0. The third-order valence-electron chi connectivity index (χ3n) is 3.12. The second-order valence-corrected chi connectivity index (χ2v) is 4.25. The van der Waals surface area contributed by atoms with Gasteiger partial charge < -0.3 is 10.0 Å². The van der Waals surface area contributed by atoms with E-state index >= 15 is 0 Å². The van der Waals surface area contributed by atoms with E-state index in [1.165, 1.54) is 32.1 Å². The molecule has 0 aromatic rings. The fourth-order valence-electron chi connectivity index (χ4n) is 2.21. The highest BCUT2D eigenvalue weighted by Crippen LogP contribution is 2.23. The first-order valence-corrected chi connectivity index (χ1v) is 5.64. The quantitative estimate of drug-likeness (QED) is 0.662. The lowest BCUT2D eigenvalue weighted by Crippen LogP contribution is -2.38. The van der Waals surface area contributed by atoms with E-state index in [1.807, 2.05) is 0 Å². The maximum absolute atomic E-state index is 9.67. The lowest BCUT2D eigenvalue weighted by atomic mass is 10.1. The molecular weight excluding hydrogens is 162 g/mol. The van der Waals surface area contributed by atoms with Crippen molar-refractivity contribution < 1.29 is 5.11 Å². The van der Waals surface area contributed by atoms with Gasteiger partial charge in [-0.2, -0.15) is 0 Å². The molecule has 1 fully saturated rings. The standard InChI is InChI=1S/C11H23NO/c1-3-4-5-9-12(2)10-7-6-8-11(10)13/h10-11,13H,3-9H2,1-2H3/t10-,11-/m0/s1. The third kappa shape index (κ3) is 3.28. The van der Waals surface area contributed by atoms with Crippen LogP contribution in [0.5, 0.6) is 0 Å². The molecule has 0 bridgehead atoms. The Labute approximate surface area is 81.9 Å². The van der Waals surface area contributed by atoms with Gasteiger partial charge in [0.15, 0.2) is 0 Å². The Morgan fingerprint density at radius 2 is 2.08 bits per heavy atom. The molecule has 0 aromatic heterocycles. The van der Waals surface area contributed by atoms with Crippen LogP contribution in [0, 0.1) is 0 Å². The average Bonchev–Trinajstić information content (AvgIpc) is 2.52. The summed E-state index contributed by atoms with van der Waals surface area (Å²) in [4.78, 5) is 2.34. The van der Waals surface area contributed by atoms with Crippen molar-refractivity contribution >= 4 is 0 Å². The summed E-state index contributed by atoms with van der Waals surface area (Å²) in [6, 6.07) is 0.442. The minimum atomic E-state index is -0.0633. The molecule has 1 aliphatic carbocycles. The fourth-order valence-corrected chi connectivity index (χ4v) is 2.21. The van der Waals surface area contributed by atoms with E-state index in [-0.39, 0.29) is 6.10 Å². The van der Waals surface area contributed by atoms with E-state index in [0.717, 1.165) is 13.0 Å². The molecular formula is C11H23NO. The largest absolute Gasteiger partial charge is 0.391 e. The van der Waals surface area contributed by atoms with Gasteiger partial charge in [-0.15, -0.1) is 0 Å². The number of unbranched alkanes of at least 4 members (excludes halogenated alkanes) is 2. The maximum atomic E-state index is 9.67. The molecule has 0 spiro atoms. The molecule has 0 radical (unpaired) electrons. The zero-order valence-corrected chi connectivity index (χ0v) is 9.00. The second kappa shape index (κ2) is 5.61. The summed E-state index contributed by atoms with van der Waals surface area (Å²) in [5, 5.41) is 9.67. The number of hydrogen-bond acceptors (Lipinski definition) is 2. The van der Waals surface area contributed by atoms with Crippen LogP contribution >= 0.6 is 0 Å². The van der Waals surface area contributed by atoms with Gasteiger partial charge >= 0.3 is 0 Å². The molecule has 0 amide bonds. The van der Waals surface area contributed by atoms with Crippen LogP contribution in [0.25, 0.3) is 0 Å². The van der Waals surface area contributed by atoms with E-state index in [4.69, 9.17) is 0 Å². The Morgan fingerprint density at radius 3 is 2.62 bits per heavy atom. The summed E-state index contributed by atoms with van der Waals surface area (Å²) in [7, 11) is 2.15. The zero-order valence-electron chi connectivity index (χ0n) is 9.00. The van der Waals surface area contributed by atoms with Gasteiger partial charge in [-0.25, -0.2) is 0 Å². The predicted molar refractivity (Wildman–Crippen MR) is 55.8 cm³/mol. The SMILES string of the molecule is CCCCCN(C)[C@H]1CCC[C@@H]1O. The highest BCUT2D eigenvalue weighted by molar-refractivity contribution is 4.83. The summed E-state index contributed by atoms with van der Waals surface area (Å²) < 4.78 is 0. The molecule has 0 aromatic carbocycles. The van der Waals surface area contributed by atoms with Gasteiger partial charge in [0.2, 0.25) is 0 Å². The molecule has 0 aliphatic heterocycles. The minimum absolute atomic E-state index is 0.0633. The van der Waals surface area contributed by atoms with Gasteiger partial charge in [-0.3, -0.25) is 0 Å². The van der Waals surface area contributed by atoms with Crippen LogP contribution in [0.15, 0.2) is 0 Å². The molecule has 2 atom stereocenters. The van der Waals surface area contributed by atoms with Gasteiger partial charge in [-0.1, -0.05) is 19.8 Å². The number of likely N-dealkylation sites (N-methyl/N-ethyl adjacent to an activating group) is 1. The topological polar surface area (TPSA) is 23.5 Å². The summed E-state index contributed by atoms with van der Waals surface area (Å²) in [5.41, 5.74) is 0. The fraction of sp³-hybridized carbons (Fsp3) is 1.00. The van der Waals surface area contributed by atoms with Crippen molar-refractivity contribution in [2.75, 3.05) is 13.6 Å². The van der Waals surface area contributed by atoms with Crippen LogP contribution in [0.4, 0.5) is 0 Å². The number of rotatable bonds is 5. The van der Waals surface area contributed by atoms with Crippen LogP contribution in [0.2, 0.25) is 0 Å². The van der Waals surface area contributed by atoms with Gasteiger partial charge in [-0.05, 0) is 39.3 Å². The molecule has 1 N–H and O–H groups in total. The van der Waals surface area contributed by atoms with Crippen molar-refractivity contribution in [3.8, 4) is 0 Å². The Hall–Kier alpha value is -0.0800. The van der Waals surface area contributed by atoms with Gasteiger partial charge in [0, 0.05) is 6.04 Å². The molecule has 1 saturated carbocycles. The van der Waals surface area contributed by atoms with Gasteiger partial charge in [0.1, 0.15) is 0 Å². The van der Waals surface area contributed by atoms with E-state index in [1.54, 1.807) is 0 Å². The maximum Gasteiger partial charge on any atom is 0.0695 e. The molecule has 0 heterocycles. The lowest BCUT2D eigenvalue weighted by Gasteiger charge is -2.26. The highest BCUT2D eigenvalue weighted by Gasteiger charge is 2.27. The molecule has 1 aliphatic rings. The summed E-state index contributed by atoms with van der Waals surface area (Å²) in [5.74, 6) is 0. The molecule has 2 heteroatoms. The van der Waals surface area contributed by atoms with Gasteiger partial charge in [0.25, 0.3) is 0 Å². The van der Waals surface area contributed by atoms with E-state index in [2.05, 4.69) is 18.9 Å². The minimum Gasteiger partial charge on any atom is -0.391 e. The normalized spacial score (nSPS) is 28.6. The van der Waals surface area contributed by atoms with Crippen molar-refractivity contribution in [3.05, 3.63) is 0 Å². The van der Waals surface area contributed by atoms with Crippen molar-refractivity contribution in [2.45, 2.75) is 57.6 Å². The number of aliphatic hydroxyl groups excluding tert-OH is 1. The number of hydrogen-bond donors (Lipinski definition) is 1. The van der Waals surface area contributed by atoms with Crippen molar-refractivity contribution in [1.82, 2.24) is 4.90 Å². The first-order valence-electron chi connectivity index (χ1n) is 5.64. The lowest BCUT2D eigenvalue weighted by molar-refractivity contribution is 0.0854. The summed E-state index contributed by atoms with van der Waals surface area (Å²) >= 11 is 0. The van der Waals surface area contributed by atoms with Crippen LogP contribution < -0.4 is 0 Å². The smallest absolute Gasteiger partial charge is 0.0695 e. The monoisotopic (exact) mass is 185 g/mol. The van der Waals surface area contributed by atoms with Crippen LogP contribution in [-0.2, 0) is 0 Å². The molecule has 13 heavy (non-hydrogen) atoms. The van der Waals surface area contributed by atoms with Crippen molar-refractivity contribution in [3.63, 3.8) is 0 Å². The Kier molecular flexibility index (Phi) is 4.74. The average molecular weight is 185 g/mol. The Bertz CT molecular complexity index is 138. The molecule has 0 saturated heterocycles. The Morgan fingerprint density at radius 1 is 1.31 bits per heavy atom. The first-order chi connectivity index (χ1) is 6.25. The zero-order chi connectivity index (χ0) is 9.68. The van der Waals surface area contributed by atoms with E-state index in [0.29, 0.717) is 6.04 Å². The predicted octanol–water partition coefficient (Wildman–Crippen LogP) is 2.02.